The molecule has 2 aromatic rings. The highest BCUT2D eigenvalue weighted by molar-refractivity contribution is 14.1. The van der Waals surface area contributed by atoms with Crippen LogP contribution in [0.5, 0.6) is 11.5 Å². The first-order valence-electron chi connectivity index (χ1n) is 6.50. The maximum atomic E-state index is 5.82. The van der Waals surface area contributed by atoms with E-state index in [0.717, 1.165) is 26.3 Å². The molecular formula is C17H16INO2. The summed E-state index contributed by atoms with van der Waals surface area (Å²) in [4.78, 5) is 0. The fourth-order valence-electron chi connectivity index (χ4n) is 1.69. The van der Waals surface area contributed by atoms with E-state index < -0.39 is 0 Å². The van der Waals surface area contributed by atoms with Gasteiger partial charge in [0.05, 0.1) is 17.3 Å². The minimum atomic E-state index is 0.544. The Labute approximate surface area is 138 Å². The molecule has 0 aliphatic rings. The summed E-state index contributed by atoms with van der Waals surface area (Å²) in [6, 6.07) is 13.3. The number of hydrogen-bond donors (Lipinski definition) is 1. The number of benzene rings is 2. The van der Waals surface area contributed by atoms with E-state index >= 15 is 0 Å². The summed E-state index contributed by atoms with van der Waals surface area (Å²) < 4.78 is 11.7. The minimum Gasteiger partial charge on any atom is -0.497 e. The molecule has 0 unspecified atom stereocenters. The summed E-state index contributed by atoms with van der Waals surface area (Å²) in [5, 5.41) is 0. The molecule has 3 nitrogen and oxygen atoms in total. The monoisotopic (exact) mass is 393 g/mol. The van der Waals surface area contributed by atoms with Crippen molar-refractivity contribution in [2.24, 2.45) is 0 Å². The van der Waals surface area contributed by atoms with Gasteiger partial charge in [0.15, 0.2) is 0 Å². The number of halogens is 1. The van der Waals surface area contributed by atoms with Gasteiger partial charge in [-0.25, -0.2) is 0 Å². The predicted molar refractivity (Wildman–Crippen MR) is 93.6 cm³/mol. The molecule has 2 aromatic carbocycles. The summed E-state index contributed by atoms with van der Waals surface area (Å²) in [6.07, 6.45) is 0.664. The predicted octanol–water partition coefficient (Wildman–Crippen LogP) is 3.70. The van der Waals surface area contributed by atoms with Crippen molar-refractivity contribution in [3.8, 4) is 23.3 Å². The lowest BCUT2D eigenvalue weighted by atomic mass is 10.2. The van der Waals surface area contributed by atoms with Gasteiger partial charge in [0.2, 0.25) is 0 Å². The number of rotatable bonds is 4. The zero-order valence-corrected chi connectivity index (χ0v) is 13.9. The SMILES string of the molecule is COc1ccc(C#CCCOc2cccc(N)c2I)cc1. The largest absolute Gasteiger partial charge is 0.497 e. The van der Waals surface area contributed by atoms with Crippen LogP contribution < -0.4 is 15.2 Å². The fourth-order valence-corrected chi connectivity index (χ4v) is 2.21. The molecule has 108 valence electrons. The Morgan fingerprint density at radius 3 is 2.62 bits per heavy atom. The molecule has 0 saturated heterocycles. The van der Waals surface area contributed by atoms with Crippen LogP contribution in [0.4, 0.5) is 5.69 Å². The lowest BCUT2D eigenvalue weighted by molar-refractivity contribution is 0.325. The third-order valence-electron chi connectivity index (χ3n) is 2.80. The van der Waals surface area contributed by atoms with E-state index in [1.54, 1.807) is 7.11 Å². The van der Waals surface area contributed by atoms with E-state index in [2.05, 4.69) is 34.4 Å². The van der Waals surface area contributed by atoms with E-state index in [1.807, 2.05) is 42.5 Å². The van der Waals surface area contributed by atoms with Gasteiger partial charge in [-0.05, 0) is 59.0 Å². The van der Waals surface area contributed by atoms with E-state index in [4.69, 9.17) is 15.2 Å². The van der Waals surface area contributed by atoms with Gasteiger partial charge in [-0.15, -0.1) is 0 Å². The van der Waals surface area contributed by atoms with Gasteiger partial charge in [-0.3, -0.25) is 0 Å². The molecule has 0 spiro atoms. The number of nitrogen functional groups attached to an aromatic ring is 1. The van der Waals surface area contributed by atoms with Crippen molar-refractivity contribution in [2.45, 2.75) is 6.42 Å². The number of hydrogen-bond acceptors (Lipinski definition) is 3. The lowest BCUT2D eigenvalue weighted by Gasteiger charge is -2.07. The van der Waals surface area contributed by atoms with Crippen LogP contribution in [0.25, 0.3) is 0 Å². The summed E-state index contributed by atoms with van der Waals surface area (Å²) in [5.74, 6) is 7.83. The number of ether oxygens (including phenoxy) is 2. The molecule has 0 aromatic heterocycles. The molecule has 4 heteroatoms. The average Bonchev–Trinajstić information content (AvgIpc) is 2.51. The van der Waals surface area contributed by atoms with E-state index in [1.165, 1.54) is 0 Å². The number of nitrogens with two attached hydrogens (primary N) is 1. The van der Waals surface area contributed by atoms with E-state index in [-0.39, 0.29) is 0 Å². The first-order chi connectivity index (χ1) is 10.2. The van der Waals surface area contributed by atoms with Crippen molar-refractivity contribution in [1.82, 2.24) is 0 Å². The molecule has 0 atom stereocenters. The molecule has 2 rings (SSSR count). The fraction of sp³-hybridized carbons (Fsp3) is 0.176. The highest BCUT2D eigenvalue weighted by atomic mass is 127. The normalized spacial score (nSPS) is 9.62. The van der Waals surface area contributed by atoms with Crippen LogP contribution in [0.15, 0.2) is 42.5 Å². The van der Waals surface area contributed by atoms with Crippen LogP contribution in [0.3, 0.4) is 0 Å². The summed E-state index contributed by atoms with van der Waals surface area (Å²) in [6.45, 7) is 0.544. The van der Waals surface area contributed by atoms with E-state index in [9.17, 15) is 0 Å². The smallest absolute Gasteiger partial charge is 0.134 e. The molecular weight excluding hydrogens is 377 g/mol. The maximum absolute atomic E-state index is 5.82. The molecule has 2 N–H and O–H groups in total. The Bertz CT molecular complexity index is 657. The van der Waals surface area contributed by atoms with Crippen LogP contribution in [0.2, 0.25) is 0 Å². The second kappa shape index (κ2) is 7.79. The van der Waals surface area contributed by atoms with Crippen molar-refractivity contribution < 1.29 is 9.47 Å². The Kier molecular flexibility index (Phi) is 5.76. The van der Waals surface area contributed by atoms with Crippen LogP contribution in [0, 0.1) is 15.4 Å². The Balaban J connectivity index is 1.84. The average molecular weight is 393 g/mol. The first kappa shape index (κ1) is 15.5. The van der Waals surface area contributed by atoms with Crippen LogP contribution in [0.1, 0.15) is 12.0 Å². The Hall–Kier alpha value is -1.87. The van der Waals surface area contributed by atoms with Gasteiger partial charge < -0.3 is 15.2 Å². The van der Waals surface area contributed by atoms with Gasteiger partial charge >= 0.3 is 0 Å². The quantitative estimate of drug-likeness (QED) is 0.373. The van der Waals surface area contributed by atoms with Crippen LogP contribution in [-0.2, 0) is 0 Å². The zero-order chi connectivity index (χ0) is 15.1. The van der Waals surface area contributed by atoms with Crippen molar-refractivity contribution in [1.29, 1.82) is 0 Å². The maximum Gasteiger partial charge on any atom is 0.134 e. The zero-order valence-electron chi connectivity index (χ0n) is 11.7. The first-order valence-corrected chi connectivity index (χ1v) is 7.58. The summed E-state index contributed by atoms with van der Waals surface area (Å²) >= 11 is 2.18. The van der Waals surface area contributed by atoms with Gasteiger partial charge in [0, 0.05) is 17.7 Å². The van der Waals surface area contributed by atoms with Crippen molar-refractivity contribution in [3.05, 3.63) is 51.6 Å². The molecule has 0 bridgehead atoms. The van der Waals surface area contributed by atoms with E-state index in [0.29, 0.717) is 13.0 Å². The van der Waals surface area contributed by atoms with Crippen molar-refractivity contribution >= 4 is 28.3 Å². The molecule has 0 radical (unpaired) electrons. The van der Waals surface area contributed by atoms with Gasteiger partial charge in [0.1, 0.15) is 11.5 Å². The lowest BCUT2D eigenvalue weighted by Crippen LogP contribution is -1.99. The molecule has 0 amide bonds. The Morgan fingerprint density at radius 2 is 1.90 bits per heavy atom. The molecule has 0 fully saturated rings. The van der Waals surface area contributed by atoms with Gasteiger partial charge in [-0.1, -0.05) is 17.9 Å². The summed E-state index contributed by atoms with van der Waals surface area (Å²) in [5.41, 5.74) is 7.53. The van der Waals surface area contributed by atoms with Crippen LogP contribution >= 0.6 is 22.6 Å². The number of methoxy groups -OCH3 is 1. The molecule has 0 aliphatic heterocycles. The standard InChI is InChI=1S/C17H16INO2/c1-20-14-10-8-13(9-11-14)5-2-3-12-21-16-7-4-6-15(19)17(16)18/h4,6-11H,3,12,19H2,1H3. The topological polar surface area (TPSA) is 44.5 Å². The second-order valence-electron chi connectivity index (χ2n) is 4.29. The van der Waals surface area contributed by atoms with Gasteiger partial charge in [-0.2, -0.15) is 0 Å². The van der Waals surface area contributed by atoms with Crippen LogP contribution in [-0.4, -0.2) is 13.7 Å². The Morgan fingerprint density at radius 1 is 1.14 bits per heavy atom. The second-order valence-corrected chi connectivity index (χ2v) is 5.37. The molecule has 0 aliphatic carbocycles. The van der Waals surface area contributed by atoms with Gasteiger partial charge in [0.25, 0.3) is 0 Å². The number of anilines is 1. The molecule has 0 saturated carbocycles. The summed E-state index contributed by atoms with van der Waals surface area (Å²) in [7, 11) is 1.65. The molecule has 0 heterocycles. The molecule has 21 heavy (non-hydrogen) atoms. The third-order valence-corrected chi connectivity index (χ3v) is 3.95. The van der Waals surface area contributed by atoms with Crippen molar-refractivity contribution in [3.63, 3.8) is 0 Å². The highest BCUT2D eigenvalue weighted by Crippen LogP contribution is 2.25. The third kappa shape index (κ3) is 4.57. The minimum absolute atomic E-state index is 0.544. The highest BCUT2D eigenvalue weighted by Gasteiger charge is 2.02. The van der Waals surface area contributed by atoms with Crippen molar-refractivity contribution in [2.75, 3.05) is 19.5 Å².